The molecule has 0 aliphatic rings. The number of benzene rings is 2. The first-order chi connectivity index (χ1) is 8.56. The predicted molar refractivity (Wildman–Crippen MR) is 67.9 cm³/mol. The molecule has 0 N–H and O–H groups in total. The monoisotopic (exact) mass is 264 g/mol. The van der Waals surface area contributed by atoms with Gasteiger partial charge in [0, 0.05) is 10.6 Å². The highest BCUT2D eigenvalue weighted by Crippen LogP contribution is 2.27. The Labute approximate surface area is 109 Å². The third kappa shape index (κ3) is 2.87. The van der Waals surface area contributed by atoms with Crippen molar-refractivity contribution in [2.45, 2.75) is 6.92 Å². The minimum absolute atomic E-state index is 0.0577. The first-order valence-electron chi connectivity index (χ1n) is 5.30. The zero-order chi connectivity index (χ0) is 13.1. The minimum Gasteiger partial charge on any atom is -0.454 e. The average molecular weight is 265 g/mol. The number of carbonyl (C=O) groups excluding carboxylic acids is 1. The third-order valence-corrected chi connectivity index (χ3v) is 2.60. The summed E-state index contributed by atoms with van der Waals surface area (Å²) in [7, 11) is 0. The van der Waals surface area contributed by atoms with E-state index < -0.39 is 5.82 Å². The van der Waals surface area contributed by atoms with Gasteiger partial charge < -0.3 is 4.74 Å². The molecule has 2 aromatic carbocycles. The fraction of sp³-hybridized carbons (Fsp3) is 0.0714. The van der Waals surface area contributed by atoms with Crippen molar-refractivity contribution in [3.8, 4) is 11.5 Å². The van der Waals surface area contributed by atoms with Gasteiger partial charge in [-0.3, -0.25) is 4.79 Å². The SMILES string of the molecule is CC(=O)c1ccc(Oc2cccc(Cl)c2)c(F)c1. The molecule has 0 atom stereocenters. The molecular weight excluding hydrogens is 255 g/mol. The van der Waals surface area contributed by atoms with Gasteiger partial charge in [0.1, 0.15) is 5.75 Å². The Hall–Kier alpha value is -1.87. The number of ketones is 1. The maximum absolute atomic E-state index is 13.7. The molecule has 4 heteroatoms. The van der Waals surface area contributed by atoms with E-state index in [4.69, 9.17) is 16.3 Å². The van der Waals surface area contributed by atoms with Crippen LogP contribution in [0.2, 0.25) is 5.02 Å². The summed E-state index contributed by atoms with van der Waals surface area (Å²) < 4.78 is 19.0. The molecule has 0 radical (unpaired) electrons. The molecule has 2 rings (SSSR count). The summed E-state index contributed by atoms with van der Waals surface area (Å²) >= 11 is 5.80. The predicted octanol–water partition coefficient (Wildman–Crippen LogP) is 4.47. The quantitative estimate of drug-likeness (QED) is 0.765. The van der Waals surface area contributed by atoms with E-state index in [1.54, 1.807) is 24.3 Å². The van der Waals surface area contributed by atoms with Gasteiger partial charge in [0.05, 0.1) is 0 Å². The second-order valence-corrected chi connectivity index (χ2v) is 4.20. The van der Waals surface area contributed by atoms with Crippen molar-refractivity contribution in [3.05, 3.63) is 58.9 Å². The number of carbonyl (C=O) groups is 1. The summed E-state index contributed by atoms with van der Waals surface area (Å²) in [4.78, 5) is 11.1. The fourth-order valence-electron chi connectivity index (χ4n) is 1.46. The van der Waals surface area contributed by atoms with E-state index in [0.29, 0.717) is 16.3 Å². The lowest BCUT2D eigenvalue weighted by Gasteiger charge is -2.07. The number of hydrogen-bond donors (Lipinski definition) is 0. The molecule has 0 unspecified atom stereocenters. The highest BCUT2D eigenvalue weighted by molar-refractivity contribution is 6.30. The lowest BCUT2D eigenvalue weighted by atomic mass is 10.1. The Bertz CT molecular complexity index is 596. The highest BCUT2D eigenvalue weighted by Gasteiger charge is 2.08. The topological polar surface area (TPSA) is 26.3 Å². The van der Waals surface area contributed by atoms with Crippen molar-refractivity contribution in [1.29, 1.82) is 0 Å². The zero-order valence-electron chi connectivity index (χ0n) is 9.61. The molecule has 0 bridgehead atoms. The number of halogens is 2. The van der Waals surface area contributed by atoms with Gasteiger partial charge in [-0.25, -0.2) is 4.39 Å². The van der Waals surface area contributed by atoms with E-state index in [0.717, 1.165) is 6.07 Å². The maximum atomic E-state index is 13.7. The van der Waals surface area contributed by atoms with Crippen LogP contribution in [0.1, 0.15) is 17.3 Å². The molecular formula is C14H10ClFO2. The van der Waals surface area contributed by atoms with Crippen LogP contribution in [0.15, 0.2) is 42.5 Å². The standard InChI is InChI=1S/C14H10ClFO2/c1-9(17)10-5-6-14(13(16)7-10)18-12-4-2-3-11(15)8-12/h2-8H,1H3. The molecule has 0 amide bonds. The number of hydrogen-bond acceptors (Lipinski definition) is 2. The van der Waals surface area contributed by atoms with Gasteiger partial charge in [-0.1, -0.05) is 17.7 Å². The van der Waals surface area contributed by atoms with E-state index in [9.17, 15) is 9.18 Å². The largest absolute Gasteiger partial charge is 0.454 e. The Morgan fingerprint density at radius 1 is 1.22 bits per heavy atom. The van der Waals surface area contributed by atoms with E-state index in [-0.39, 0.29) is 11.5 Å². The Morgan fingerprint density at radius 3 is 2.61 bits per heavy atom. The summed E-state index contributed by atoms with van der Waals surface area (Å²) in [6.45, 7) is 1.38. The summed E-state index contributed by atoms with van der Waals surface area (Å²) in [5, 5.41) is 0.508. The fourth-order valence-corrected chi connectivity index (χ4v) is 1.64. The Morgan fingerprint density at radius 2 is 2.00 bits per heavy atom. The van der Waals surface area contributed by atoms with Gasteiger partial charge in [0.15, 0.2) is 17.3 Å². The summed E-state index contributed by atoms with van der Waals surface area (Å²) in [6.07, 6.45) is 0. The molecule has 18 heavy (non-hydrogen) atoms. The first-order valence-corrected chi connectivity index (χ1v) is 5.68. The molecule has 0 saturated heterocycles. The normalized spacial score (nSPS) is 10.2. The molecule has 92 valence electrons. The first kappa shape index (κ1) is 12.6. The van der Waals surface area contributed by atoms with E-state index in [2.05, 4.69) is 0 Å². The molecule has 2 aromatic rings. The molecule has 0 aliphatic heterocycles. The summed E-state index contributed by atoms with van der Waals surface area (Å²) in [5.74, 6) is -0.273. The van der Waals surface area contributed by atoms with Crippen LogP contribution in [0.5, 0.6) is 11.5 Å². The maximum Gasteiger partial charge on any atom is 0.166 e. The van der Waals surface area contributed by atoms with Gasteiger partial charge in [-0.2, -0.15) is 0 Å². The van der Waals surface area contributed by atoms with Crippen molar-refractivity contribution >= 4 is 17.4 Å². The molecule has 0 aliphatic carbocycles. The summed E-state index contributed by atoms with van der Waals surface area (Å²) in [5.41, 5.74) is 0.311. The van der Waals surface area contributed by atoms with Crippen LogP contribution in [0.4, 0.5) is 4.39 Å². The van der Waals surface area contributed by atoms with Crippen LogP contribution in [-0.4, -0.2) is 5.78 Å². The number of ether oxygens (including phenoxy) is 1. The van der Waals surface area contributed by atoms with Crippen molar-refractivity contribution in [1.82, 2.24) is 0 Å². The Kier molecular flexibility index (Phi) is 3.63. The molecule has 2 nitrogen and oxygen atoms in total. The van der Waals surface area contributed by atoms with E-state index >= 15 is 0 Å². The van der Waals surface area contributed by atoms with Crippen molar-refractivity contribution in [2.24, 2.45) is 0 Å². The van der Waals surface area contributed by atoms with Crippen molar-refractivity contribution in [3.63, 3.8) is 0 Å². The van der Waals surface area contributed by atoms with Crippen LogP contribution < -0.4 is 4.74 Å². The summed E-state index contributed by atoms with van der Waals surface area (Å²) in [6, 6.07) is 10.8. The lowest BCUT2D eigenvalue weighted by molar-refractivity contribution is 0.101. The van der Waals surface area contributed by atoms with Gasteiger partial charge in [0.25, 0.3) is 0 Å². The van der Waals surface area contributed by atoms with Crippen molar-refractivity contribution in [2.75, 3.05) is 0 Å². The van der Waals surface area contributed by atoms with Gasteiger partial charge in [-0.05, 0) is 43.3 Å². The average Bonchev–Trinajstić information content (AvgIpc) is 2.31. The molecule has 0 aromatic heterocycles. The van der Waals surface area contributed by atoms with Crippen LogP contribution >= 0.6 is 11.6 Å². The van der Waals surface area contributed by atoms with Gasteiger partial charge in [0.2, 0.25) is 0 Å². The molecule has 0 fully saturated rings. The number of Topliss-reactive ketones (excluding diaryl/α,β-unsaturated/α-hetero) is 1. The van der Waals surface area contributed by atoms with E-state index in [1.165, 1.54) is 19.1 Å². The lowest BCUT2D eigenvalue weighted by Crippen LogP contribution is -1.95. The van der Waals surface area contributed by atoms with Gasteiger partial charge in [-0.15, -0.1) is 0 Å². The van der Waals surface area contributed by atoms with Crippen LogP contribution in [0.3, 0.4) is 0 Å². The van der Waals surface area contributed by atoms with Crippen molar-refractivity contribution < 1.29 is 13.9 Å². The van der Waals surface area contributed by atoms with Crippen LogP contribution in [0, 0.1) is 5.82 Å². The zero-order valence-corrected chi connectivity index (χ0v) is 10.4. The second-order valence-electron chi connectivity index (χ2n) is 3.76. The smallest absolute Gasteiger partial charge is 0.166 e. The van der Waals surface area contributed by atoms with E-state index in [1.807, 2.05) is 0 Å². The van der Waals surface area contributed by atoms with Gasteiger partial charge >= 0.3 is 0 Å². The van der Waals surface area contributed by atoms with Crippen LogP contribution in [0.25, 0.3) is 0 Å². The highest BCUT2D eigenvalue weighted by atomic mass is 35.5. The Balaban J connectivity index is 2.27. The molecule has 0 heterocycles. The molecule has 0 saturated carbocycles. The minimum atomic E-state index is -0.581. The second kappa shape index (κ2) is 5.19. The third-order valence-electron chi connectivity index (χ3n) is 2.36. The number of rotatable bonds is 3. The molecule has 0 spiro atoms. The van der Waals surface area contributed by atoms with Crippen LogP contribution in [-0.2, 0) is 0 Å².